The van der Waals surface area contributed by atoms with Crippen molar-refractivity contribution in [1.29, 1.82) is 0 Å². The Morgan fingerprint density at radius 1 is 0.939 bits per heavy atom. The van der Waals surface area contributed by atoms with Gasteiger partial charge in [-0.15, -0.1) is 0 Å². The molecule has 0 spiro atoms. The number of hydrogen-bond donors (Lipinski definition) is 1. The van der Waals surface area contributed by atoms with Crippen LogP contribution < -0.4 is 19.5 Å². The lowest BCUT2D eigenvalue weighted by molar-refractivity contribution is 0.102. The van der Waals surface area contributed by atoms with Gasteiger partial charge in [0.2, 0.25) is 10.0 Å². The summed E-state index contributed by atoms with van der Waals surface area (Å²) in [6.07, 6.45) is 3.65. The summed E-state index contributed by atoms with van der Waals surface area (Å²) in [5.74, 6) is 0.847. The summed E-state index contributed by atoms with van der Waals surface area (Å²) < 4.78 is 44.7. The minimum absolute atomic E-state index is 0.00681. The third-order valence-corrected chi connectivity index (χ3v) is 7.34. The molecule has 1 aliphatic heterocycles. The van der Waals surface area contributed by atoms with Crippen molar-refractivity contribution in [3.05, 3.63) is 42.0 Å². The van der Waals surface area contributed by atoms with Crippen molar-refractivity contribution < 1.29 is 27.4 Å². The average Bonchev–Trinajstić information content (AvgIpc) is 3.11. The average molecular weight is 477 g/mol. The molecule has 0 atom stereocenters. The largest absolute Gasteiger partial charge is 0.495 e. The second-order valence-electron chi connectivity index (χ2n) is 7.66. The normalized spacial score (nSPS) is 14.9. The van der Waals surface area contributed by atoms with Crippen LogP contribution in [0, 0.1) is 0 Å². The topological polar surface area (TPSA) is 94.2 Å². The Hall–Kier alpha value is -2.78. The van der Waals surface area contributed by atoms with E-state index in [-0.39, 0.29) is 16.2 Å². The van der Waals surface area contributed by atoms with Crippen LogP contribution in [0.25, 0.3) is 0 Å². The van der Waals surface area contributed by atoms with E-state index < -0.39 is 15.9 Å². The number of methoxy groups -OCH3 is 1. The molecule has 0 aromatic heterocycles. The number of rotatable bonds is 9. The summed E-state index contributed by atoms with van der Waals surface area (Å²) >= 11 is 0. The highest BCUT2D eigenvalue weighted by atomic mass is 32.2. The van der Waals surface area contributed by atoms with Gasteiger partial charge in [-0.05, 0) is 57.0 Å². The fourth-order valence-electron chi connectivity index (χ4n) is 3.78. The van der Waals surface area contributed by atoms with Gasteiger partial charge in [0.1, 0.15) is 22.1 Å². The molecule has 33 heavy (non-hydrogen) atoms. The number of amides is 1. The van der Waals surface area contributed by atoms with Gasteiger partial charge in [0.05, 0.1) is 26.0 Å². The number of anilines is 1. The molecule has 1 amide bonds. The molecule has 0 radical (unpaired) electrons. The van der Waals surface area contributed by atoms with Gasteiger partial charge >= 0.3 is 0 Å². The molecule has 1 saturated heterocycles. The molecule has 8 nitrogen and oxygen atoms in total. The van der Waals surface area contributed by atoms with E-state index in [1.54, 1.807) is 24.3 Å². The molecule has 0 unspecified atom stereocenters. The Kier molecular flexibility index (Phi) is 8.57. The van der Waals surface area contributed by atoms with Crippen LogP contribution >= 0.6 is 0 Å². The third kappa shape index (κ3) is 5.97. The van der Waals surface area contributed by atoms with E-state index in [4.69, 9.17) is 14.2 Å². The molecule has 1 fully saturated rings. The number of sulfonamides is 1. The minimum Gasteiger partial charge on any atom is -0.495 e. The minimum atomic E-state index is -3.80. The maximum atomic E-state index is 13.4. The third-order valence-electron chi connectivity index (χ3n) is 5.42. The van der Waals surface area contributed by atoms with Gasteiger partial charge in [0, 0.05) is 24.7 Å². The van der Waals surface area contributed by atoms with Crippen molar-refractivity contribution in [3.63, 3.8) is 0 Å². The summed E-state index contributed by atoms with van der Waals surface area (Å²) in [4.78, 5) is 13.1. The molecule has 2 aromatic rings. The van der Waals surface area contributed by atoms with Crippen LogP contribution in [0.1, 0.15) is 49.9 Å². The van der Waals surface area contributed by atoms with Crippen LogP contribution in [0.15, 0.2) is 41.3 Å². The first kappa shape index (κ1) is 24.9. The molecule has 3 rings (SSSR count). The summed E-state index contributed by atoms with van der Waals surface area (Å²) in [5, 5.41) is 2.82. The quantitative estimate of drug-likeness (QED) is 0.580. The fourth-order valence-corrected chi connectivity index (χ4v) is 5.48. The Morgan fingerprint density at radius 3 is 2.24 bits per heavy atom. The van der Waals surface area contributed by atoms with Crippen LogP contribution in [0.2, 0.25) is 0 Å². The first-order chi connectivity index (χ1) is 15.9. The monoisotopic (exact) mass is 476 g/mol. The van der Waals surface area contributed by atoms with E-state index in [0.29, 0.717) is 43.5 Å². The number of nitrogens with zero attached hydrogens (tertiary/aromatic N) is 1. The fraction of sp³-hybridized carbons (Fsp3) is 0.458. The van der Waals surface area contributed by atoms with Crippen LogP contribution in [0.5, 0.6) is 17.2 Å². The molecule has 9 heteroatoms. The van der Waals surface area contributed by atoms with Crippen molar-refractivity contribution in [1.82, 2.24) is 4.31 Å². The molecule has 180 valence electrons. The predicted molar refractivity (Wildman–Crippen MR) is 127 cm³/mol. The standard InChI is InChI=1S/C24H32N2O6S/c1-4-31-19-11-13-21(32-5-2)20(17-19)25-24(27)18-10-12-22(30-3)23(16-18)33(28,29)26-14-8-6-7-9-15-26/h10-13,16-17H,4-9,14-15H2,1-3H3,(H,25,27). The van der Waals surface area contributed by atoms with E-state index in [2.05, 4.69) is 5.32 Å². The second-order valence-corrected chi connectivity index (χ2v) is 9.57. The maximum absolute atomic E-state index is 13.4. The molecule has 2 aromatic carbocycles. The van der Waals surface area contributed by atoms with Gasteiger partial charge in [-0.2, -0.15) is 4.31 Å². The number of carbonyl (C=O) groups is 1. The van der Waals surface area contributed by atoms with E-state index in [0.717, 1.165) is 25.7 Å². The Morgan fingerprint density at radius 2 is 1.61 bits per heavy atom. The van der Waals surface area contributed by atoms with Gasteiger partial charge in [-0.25, -0.2) is 8.42 Å². The lowest BCUT2D eigenvalue weighted by Crippen LogP contribution is -2.32. The van der Waals surface area contributed by atoms with E-state index in [1.807, 2.05) is 13.8 Å². The number of benzene rings is 2. The smallest absolute Gasteiger partial charge is 0.255 e. The molecule has 0 aliphatic carbocycles. The SMILES string of the molecule is CCOc1ccc(OCC)c(NC(=O)c2ccc(OC)c(S(=O)(=O)N3CCCCCC3)c2)c1. The number of hydrogen-bond acceptors (Lipinski definition) is 6. The summed E-state index contributed by atoms with van der Waals surface area (Å²) in [6, 6.07) is 9.62. The van der Waals surface area contributed by atoms with Crippen LogP contribution in [0.3, 0.4) is 0 Å². The zero-order chi connectivity index (χ0) is 23.8. The molecule has 1 heterocycles. The number of carbonyl (C=O) groups excluding carboxylic acids is 1. The van der Waals surface area contributed by atoms with Crippen molar-refractivity contribution in [2.24, 2.45) is 0 Å². The van der Waals surface area contributed by atoms with E-state index in [1.165, 1.54) is 23.5 Å². The van der Waals surface area contributed by atoms with Crippen LogP contribution in [-0.2, 0) is 10.0 Å². The maximum Gasteiger partial charge on any atom is 0.255 e. The van der Waals surface area contributed by atoms with Gasteiger partial charge in [0.25, 0.3) is 5.91 Å². The van der Waals surface area contributed by atoms with E-state index in [9.17, 15) is 13.2 Å². The van der Waals surface area contributed by atoms with Crippen LogP contribution in [0.4, 0.5) is 5.69 Å². The van der Waals surface area contributed by atoms with Crippen LogP contribution in [-0.4, -0.2) is 52.0 Å². The number of nitrogens with one attached hydrogen (secondary N) is 1. The van der Waals surface area contributed by atoms with E-state index >= 15 is 0 Å². The van der Waals surface area contributed by atoms with Crippen molar-refractivity contribution in [2.45, 2.75) is 44.4 Å². The lowest BCUT2D eigenvalue weighted by Gasteiger charge is -2.21. The Labute approximate surface area is 195 Å². The van der Waals surface area contributed by atoms with Gasteiger partial charge in [-0.1, -0.05) is 12.8 Å². The molecule has 1 aliphatic rings. The van der Waals surface area contributed by atoms with Gasteiger partial charge in [-0.3, -0.25) is 4.79 Å². The zero-order valence-corrected chi connectivity index (χ0v) is 20.2. The van der Waals surface area contributed by atoms with Gasteiger partial charge < -0.3 is 19.5 Å². The first-order valence-corrected chi connectivity index (χ1v) is 12.7. The first-order valence-electron chi connectivity index (χ1n) is 11.3. The summed E-state index contributed by atoms with van der Waals surface area (Å²) in [7, 11) is -2.38. The molecule has 0 bridgehead atoms. The lowest BCUT2D eigenvalue weighted by atomic mass is 10.2. The molecular weight excluding hydrogens is 444 g/mol. The predicted octanol–water partition coefficient (Wildman–Crippen LogP) is 4.31. The zero-order valence-electron chi connectivity index (χ0n) is 19.4. The highest BCUT2D eigenvalue weighted by Crippen LogP contribution is 2.32. The van der Waals surface area contributed by atoms with Crippen molar-refractivity contribution in [3.8, 4) is 17.2 Å². The molecule has 1 N–H and O–H groups in total. The Balaban J connectivity index is 1.93. The van der Waals surface area contributed by atoms with Gasteiger partial charge in [0.15, 0.2) is 0 Å². The number of ether oxygens (including phenoxy) is 3. The summed E-state index contributed by atoms with van der Waals surface area (Å²) in [5.41, 5.74) is 0.647. The van der Waals surface area contributed by atoms with Crippen molar-refractivity contribution >= 4 is 21.6 Å². The molecule has 0 saturated carbocycles. The highest BCUT2D eigenvalue weighted by molar-refractivity contribution is 7.89. The summed E-state index contributed by atoms with van der Waals surface area (Å²) in [6.45, 7) is 5.56. The highest BCUT2D eigenvalue weighted by Gasteiger charge is 2.29. The molecular formula is C24H32N2O6S. The van der Waals surface area contributed by atoms with Crippen molar-refractivity contribution in [2.75, 3.05) is 38.7 Å². The second kappa shape index (κ2) is 11.4. The Bertz CT molecular complexity index is 1060.